The number of rotatable bonds is 7. The van der Waals surface area contributed by atoms with Gasteiger partial charge in [0.25, 0.3) is 0 Å². The lowest BCUT2D eigenvalue weighted by Crippen LogP contribution is -2.43. The lowest BCUT2D eigenvalue weighted by molar-refractivity contribution is -0.126. The smallest absolute Gasteiger partial charge is 0.224 e. The second kappa shape index (κ2) is 5.95. The molecule has 14 heavy (non-hydrogen) atoms. The third kappa shape index (κ3) is 4.55. The molecular weight excluding hydrogens is 184 g/mol. The summed E-state index contributed by atoms with van der Waals surface area (Å²) >= 11 is 0. The first-order valence-electron chi connectivity index (χ1n) is 4.50. The molecule has 0 fully saturated rings. The molecule has 84 valence electrons. The van der Waals surface area contributed by atoms with Crippen LogP contribution >= 0.6 is 0 Å². The average molecular weight is 204 g/mol. The standard InChI is InChI=1S/C9H20N2O3/c1-9(2,8(10)12)6-11-5-7(13-3)14-4/h7,11H,5-6H2,1-4H3,(H2,10,12). The molecule has 5 heteroatoms. The fourth-order valence-corrected chi connectivity index (χ4v) is 0.853. The maximum atomic E-state index is 11.0. The van der Waals surface area contributed by atoms with Crippen molar-refractivity contribution in [2.24, 2.45) is 11.1 Å². The van der Waals surface area contributed by atoms with Crippen molar-refractivity contribution in [1.29, 1.82) is 0 Å². The fraction of sp³-hybridized carbons (Fsp3) is 0.889. The molecule has 0 saturated heterocycles. The molecule has 0 aromatic heterocycles. The molecule has 0 unspecified atom stereocenters. The van der Waals surface area contributed by atoms with E-state index in [1.807, 2.05) is 0 Å². The highest BCUT2D eigenvalue weighted by Crippen LogP contribution is 2.11. The van der Waals surface area contributed by atoms with E-state index in [1.165, 1.54) is 0 Å². The Balaban J connectivity index is 3.78. The van der Waals surface area contributed by atoms with Gasteiger partial charge in [0.15, 0.2) is 6.29 Å². The Morgan fingerprint density at radius 2 is 1.93 bits per heavy atom. The van der Waals surface area contributed by atoms with Gasteiger partial charge in [-0.3, -0.25) is 4.79 Å². The van der Waals surface area contributed by atoms with Gasteiger partial charge in [0.1, 0.15) is 0 Å². The first-order valence-corrected chi connectivity index (χ1v) is 4.50. The summed E-state index contributed by atoms with van der Waals surface area (Å²) in [6, 6.07) is 0. The van der Waals surface area contributed by atoms with E-state index < -0.39 is 5.41 Å². The molecule has 0 aliphatic carbocycles. The van der Waals surface area contributed by atoms with Crippen LogP contribution in [0.1, 0.15) is 13.8 Å². The molecule has 0 aliphatic rings. The van der Waals surface area contributed by atoms with Crippen molar-refractivity contribution in [2.75, 3.05) is 27.3 Å². The van der Waals surface area contributed by atoms with Crippen LogP contribution in [-0.2, 0) is 14.3 Å². The quantitative estimate of drug-likeness (QED) is 0.559. The van der Waals surface area contributed by atoms with Crippen molar-refractivity contribution in [3.63, 3.8) is 0 Å². The number of hydrogen-bond acceptors (Lipinski definition) is 4. The van der Waals surface area contributed by atoms with E-state index in [4.69, 9.17) is 15.2 Å². The number of primary amides is 1. The summed E-state index contributed by atoms with van der Waals surface area (Å²) < 4.78 is 9.95. The van der Waals surface area contributed by atoms with Gasteiger partial charge in [-0.2, -0.15) is 0 Å². The zero-order valence-electron chi connectivity index (χ0n) is 9.29. The average Bonchev–Trinajstić information content (AvgIpc) is 2.12. The first kappa shape index (κ1) is 13.4. The van der Waals surface area contributed by atoms with Gasteiger partial charge in [0.2, 0.25) is 5.91 Å². The molecule has 0 heterocycles. The molecule has 0 aliphatic heterocycles. The number of carbonyl (C=O) groups excluding carboxylic acids is 1. The molecule has 3 N–H and O–H groups in total. The van der Waals surface area contributed by atoms with Crippen molar-refractivity contribution in [3.8, 4) is 0 Å². The Bertz CT molecular complexity index is 179. The van der Waals surface area contributed by atoms with E-state index in [0.717, 1.165) is 0 Å². The van der Waals surface area contributed by atoms with Gasteiger partial charge in [0, 0.05) is 27.3 Å². The number of carbonyl (C=O) groups is 1. The second-order valence-corrected chi connectivity index (χ2v) is 3.78. The van der Waals surface area contributed by atoms with Gasteiger partial charge in [-0.05, 0) is 13.8 Å². The van der Waals surface area contributed by atoms with Crippen LogP contribution in [0.25, 0.3) is 0 Å². The maximum absolute atomic E-state index is 11.0. The lowest BCUT2D eigenvalue weighted by Gasteiger charge is -2.22. The molecule has 1 amide bonds. The number of nitrogens with two attached hydrogens (primary N) is 1. The van der Waals surface area contributed by atoms with Crippen LogP contribution in [0, 0.1) is 5.41 Å². The number of nitrogens with one attached hydrogen (secondary N) is 1. The van der Waals surface area contributed by atoms with Gasteiger partial charge in [-0.1, -0.05) is 0 Å². The number of amides is 1. The van der Waals surface area contributed by atoms with E-state index >= 15 is 0 Å². The predicted molar refractivity (Wildman–Crippen MR) is 53.7 cm³/mol. The Morgan fingerprint density at radius 1 is 1.43 bits per heavy atom. The van der Waals surface area contributed by atoms with Crippen LogP contribution < -0.4 is 11.1 Å². The molecular formula is C9H20N2O3. The summed E-state index contributed by atoms with van der Waals surface area (Å²) in [4.78, 5) is 11.0. The number of hydrogen-bond donors (Lipinski definition) is 2. The van der Waals surface area contributed by atoms with Crippen LogP contribution in [0.3, 0.4) is 0 Å². The van der Waals surface area contributed by atoms with Crippen LogP contribution in [0.15, 0.2) is 0 Å². The number of methoxy groups -OCH3 is 2. The van der Waals surface area contributed by atoms with Crippen molar-refractivity contribution in [3.05, 3.63) is 0 Å². The van der Waals surface area contributed by atoms with Gasteiger partial charge in [0.05, 0.1) is 5.41 Å². The van der Waals surface area contributed by atoms with E-state index in [2.05, 4.69) is 5.32 Å². The third-order valence-electron chi connectivity index (χ3n) is 2.07. The highest BCUT2D eigenvalue weighted by atomic mass is 16.7. The minimum absolute atomic E-state index is 0.293. The van der Waals surface area contributed by atoms with E-state index in [1.54, 1.807) is 28.1 Å². The van der Waals surface area contributed by atoms with Crippen LogP contribution in [0.2, 0.25) is 0 Å². The minimum Gasteiger partial charge on any atom is -0.369 e. The van der Waals surface area contributed by atoms with Crippen molar-refractivity contribution in [2.45, 2.75) is 20.1 Å². The lowest BCUT2D eigenvalue weighted by atomic mass is 9.93. The SMILES string of the molecule is COC(CNCC(C)(C)C(N)=O)OC. The molecule has 0 rings (SSSR count). The van der Waals surface area contributed by atoms with E-state index in [0.29, 0.717) is 13.1 Å². The van der Waals surface area contributed by atoms with Crippen molar-refractivity contribution < 1.29 is 14.3 Å². The largest absolute Gasteiger partial charge is 0.369 e. The monoisotopic (exact) mass is 204 g/mol. The minimum atomic E-state index is -0.550. The van der Waals surface area contributed by atoms with Crippen LogP contribution in [0.4, 0.5) is 0 Å². The topological polar surface area (TPSA) is 73.6 Å². The molecule has 0 atom stereocenters. The Hall–Kier alpha value is -0.650. The summed E-state index contributed by atoms with van der Waals surface area (Å²) in [6.45, 7) is 4.61. The predicted octanol–water partition coefficient (Wildman–Crippen LogP) is -0.294. The summed E-state index contributed by atoms with van der Waals surface area (Å²) in [5.74, 6) is -0.323. The first-order chi connectivity index (χ1) is 6.44. The zero-order valence-corrected chi connectivity index (χ0v) is 9.29. The van der Waals surface area contributed by atoms with Crippen LogP contribution in [0.5, 0.6) is 0 Å². The van der Waals surface area contributed by atoms with Crippen LogP contribution in [-0.4, -0.2) is 39.5 Å². The summed E-state index contributed by atoms with van der Waals surface area (Å²) in [5.41, 5.74) is 4.66. The Kier molecular flexibility index (Phi) is 5.68. The second-order valence-electron chi connectivity index (χ2n) is 3.78. The Morgan fingerprint density at radius 3 is 2.29 bits per heavy atom. The van der Waals surface area contributed by atoms with E-state index in [9.17, 15) is 4.79 Å². The van der Waals surface area contributed by atoms with E-state index in [-0.39, 0.29) is 12.2 Å². The van der Waals surface area contributed by atoms with Crippen molar-refractivity contribution >= 4 is 5.91 Å². The summed E-state index contributed by atoms with van der Waals surface area (Å²) in [7, 11) is 3.13. The van der Waals surface area contributed by atoms with Gasteiger partial charge in [-0.15, -0.1) is 0 Å². The zero-order chi connectivity index (χ0) is 11.2. The maximum Gasteiger partial charge on any atom is 0.224 e. The highest BCUT2D eigenvalue weighted by molar-refractivity contribution is 5.80. The summed E-state index contributed by atoms with van der Waals surface area (Å²) in [6.07, 6.45) is -0.293. The molecule has 0 radical (unpaired) electrons. The molecule has 0 aromatic carbocycles. The highest BCUT2D eigenvalue weighted by Gasteiger charge is 2.24. The van der Waals surface area contributed by atoms with Gasteiger partial charge < -0.3 is 20.5 Å². The Labute approximate surface area is 84.9 Å². The van der Waals surface area contributed by atoms with Gasteiger partial charge >= 0.3 is 0 Å². The van der Waals surface area contributed by atoms with Crippen molar-refractivity contribution in [1.82, 2.24) is 5.32 Å². The summed E-state index contributed by atoms with van der Waals surface area (Å²) in [5, 5.41) is 3.06. The van der Waals surface area contributed by atoms with Gasteiger partial charge in [-0.25, -0.2) is 0 Å². The normalized spacial score (nSPS) is 12.1. The number of ether oxygens (including phenoxy) is 2. The fourth-order valence-electron chi connectivity index (χ4n) is 0.853. The molecule has 0 aromatic rings. The third-order valence-corrected chi connectivity index (χ3v) is 2.07. The molecule has 0 spiro atoms. The molecule has 0 bridgehead atoms. The molecule has 0 saturated carbocycles. The molecule has 5 nitrogen and oxygen atoms in total.